The molecule has 1 nitrogen and oxygen atoms in total. The summed E-state index contributed by atoms with van der Waals surface area (Å²) in [5.74, 6) is -3.91. The monoisotopic (exact) mass is 334 g/mol. The summed E-state index contributed by atoms with van der Waals surface area (Å²) in [6.45, 7) is 2.71. The average Bonchev–Trinajstić information content (AvgIpc) is 2.09. The lowest BCUT2D eigenvalue weighted by atomic mass is 9.59. The Labute approximate surface area is 115 Å². The molecule has 0 heterocycles. The molecule has 0 rings (SSSR count). The number of aliphatic hydroxyl groups is 1. The molecule has 0 aliphatic heterocycles. The standard InChI is InChI=1S/C11H15F9O/c1-5(2)7(21,6(3)4)8(9(12,13)14,10(15,16)17)11(18,19)20/h5-6,21H,1-4H3. The van der Waals surface area contributed by atoms with Crippen molar-refractivity contribution in [2.24, 2.45) is 17.3 Å². The van der Waals surface area contributed by atoms with Crippen LogP contribution in [0.15, 0.2) is 0 Å². The quantitative estimate of drug-likeness (QED) is 0.742. The van der Waals surface area contributed by atoms with Crippen LogP contribution in [-0.4, -0.2) is 29.2 Å². The van der Waals surface area contributed by atoms with Crippen LogP contribution in [-0.2, 0) is 0 Å². The van der Waals surface area contributed by atoms with Crippen LogP contribution >= 0.6 is 0 Å². The van der Waals surface area contributed by atoms with Gasteiger partial charge in [0.25, 0.3) is 5.41 Å². The molecular weight excluding hydrogens is 319 g/mol. The summed E-state index contributed by atoms with van der Waals surface area (Å²) in [6.07, 6.45) is -20.3. The number of hydrogen-bond acceptors (Lipinski definition) is 1. The molecule has 0 atom stereocenters. The fourth-order valence-electron chi connectivity index (χ4n) is 2.70. The Balaban J connectivity index is 6.99. The first-order valence-corrected chi connectivity index (χ1v) is 5.81. The summed E-state index contributed by atoms with van der Waals surface area (Å²) in [6, 6.07) is 0. The maximum absolute atomic E-state index is 13.0. The van der Waals surface area contributed by atoms with Gasteiger partial charge in [0.1, 0.15) is 5.60 Å². The third-order valence-electron chi connectivity index (χ3n) is 3.64. The molecule has 0 radical (unpaired) electrons. The van der Waals surface area contributed by atoms with E-state index in [-0.39, 0.29) is 0 Å². The minimum Gasteiger partial charge on any atom is -0.388 e. The van der Waals surface area contributed by atoms with E-state index in [1.54, 1.807) is 0 Å². The van der Waals surface area contributed by atoms with E-state index in [1.807, 2.05) is 0 Å². The zero-order chi connectivity index (χ0) is 17.7. The topological polar surface area (TPSA) is 20.2 Å². The van der Waals surface area contributed by atoms with Crippen LogP contribution in [0.4, 0.5) is 39.5 Å². The highest BCUT2D eigenvalue weighted by Crippen LogP contribution is 2.67. The van der Waals surface area contributed by atoms with E-state index in [9.17, 15) is 44.6 Å². The van der Waals surface area contributed by atoms with Crippen molar-refractivity contribution in [3.8, 4) is 0 Å². The first kappa shape index (κ1) is 20.3. The molecule has 1 N–H and O–H groups in total. The predicted molar refractivity (Wildman–Crippen MR) is 55.2 cm³/mol. The van der Waals surface area contributed by atoms with Gasteiger partial charge in [-0.15, -0.1) is 0 Å². The van der Waals surface area contributed by atoms with Crippen molar-refractivity contribution in [1.29, 1.82) is 0 Å². The van der Waals surface area contributed by atoms with Crippen molar-refractivity contribution in [2.45, 2.75) is 51.8 Å². The molecule has 0 aromatic carbocycles. The molecule has 10 heteroatoms. The molecule has 0 bridgehead atoms. The molecule has 0 amide bonds. The van der Waals surface area contributed by atoms with Crippen molar-refractivity contribution in [3.05, 3.63) is 0 Å². The van der Waals surface area contributed by atoms with E-state index < -0.39 is 41.4 Å². The first-order chi connectivity index (χ1) is 8.89. The smallest absolute Gasteiger partial charge is 0.388 e. The van der Waals surface area contributed by atoms with Crippen molar-refractivity contribution < 1.29 is 44.6 Å². The molecule has 0 aliphatic carbocycles. The SMILES string of the molecule is CC(C)C(O)(C(C)C)C(C(F)(F)F)(C(F)(F)F)C(F)(F)F. The Morgan fingerprint density at radius 2 is 0.762 bits per heavy atom. The number of alkyl halides is 9. The number of halogens is 9. The molecule has 21 heavy (non-hydrogen) atoms. The maximum Gasteiger partial charge on any atom is 0.415 e. The Morgan fingerprint density at radius 1 is 0.571 bits per heavy atom. The fraction of sp³-hybridized carbons (Fsp3) is 1.00. The third kappa shape index (κ3) is 2.59. The van der Waals surface area contributed by atoms with E-state index in [0.29, 0.717) is 27.7 Å². The fourth-order valence-corrected chi connectivity index (χ4v) is 2.70. The summed E-state index contributed by atoms with van der Waals surface area (Å²) in [5, 5.41) is 9.92. The normalized spacial score (nSPS) is 16.0. The largest absolute Gasteiger partial charge is 0.415 e. The van der Waals surface area contributed by atoms with E-state index >= 15 is 0 Å². The zero-order valence-electron chi connectivity index (χ0n) is 11.5. The second kappa shape index (κ2) is 5.20. The molecule has 0 fully saturated rings. The van der Waals surface area contributed by atoms with Gasteiger partial charge < -0.3 is 5.11 Å². The van der Waals surface area contributed by atoms with Crippen molar-refractivity contribution in [2.75, 3.05) is 0 Å². The Kier molecular flexibility index (Phi) is 5.04. The highest BCUT2D eigenvalue weighted by atomic mass is 19.4. The highest BCUT2D eigenvalue weighted by molar-refractivity contribution is 5.14. The van der Waals surface area contributed by atoms with Crippen LogP contribution < -0.4 is 0 Å². The molecule has 128 valence electrons. The molecule has 0 aromatic rings. The Hall–Kier alpha value is -0.670. The lowest BCUT2D eigenvalue weighted by Crippen LogP contribution is -2.74. The van der Waals surface area contributed by atoms with Gasteiger partial charge in [-0.3, -0.25) is 0 Å². The number of hydrogen-bond donors (Lipinski definition) is 1. The lowest BCUT2D eigenvalue weighted by Gasteiger charge is -2.53. The molecule has 0 spiro atoms. The molecular formula is C11H15F9O. The summed E-state index contributed by atoms with van der Waals surface area (Å²) in [7, 11) is 0. The molecule has 0 saturated heterocycles. The first-order valence-electron chi connectivity index (χ1n) is 5.81. The van der Waals surface area contributed by atoms with Gasteiger partial charge in [0.05, 0.1) is 0 Å². The molecule has 0 saturated carbocycles. The van der Waals surface area contributed by atoms with Crippen molar-refractivity contribution in [3.63, 3.8) is 0 Å². The zero-order valence-corrected chi connectivity index (χ0v) is 11.5. The van der Waals surface area contributed by atoms with Gasteiger partial charge in [-0.2, -0.15) is 39.5 Å². The predicted octanol–water partition coefficient (Wildman–Crippen LogP) is 4.70. The molecule has 0 unspecified atom stereocenters. The van der Waals surface area contributed by atoms with Crippen LogP contribution in [0.3, 0.4) is 0 Å². The summed E-state index contributed by atoms with van der Waals surface area (Å²) < 4.78 is 117. The van der Waals surface area contributed by atoms with Gasteiger partial charge in [-0.05, 0) is 11.8 Å². The lowest BCUT2D eigenvalue weighted by molar-refractivity contribution is -0.477. The van der Waals surface area contributed by atoms with Crippen molar-refractivity contribution in [1.82, 2.24) is 0 Å². The molecule has 0 aromatic heterocycles. The second-order valence-corrected chi connectivity index (χ2v) is 5.38. The van der Waals surface area contributed by atoms with Gasteiger partial charge in [0.15, 0.2) is 0 Å². The summed E-state index contributed by atoms with van der Waals surface area (Å²) in [4.78, 5) is 0. The van der Waals surface area contributed by atoms with Gasteiger partial charge in [0, 0.05) is 0 Å². The van der Waals surface area contributed by atoms with E-state index in [0.717, 1.165) is 0 Å². The van der Waals surface area contributed by atoms with Gasteiger partial charge >= 0.3 is 18.5 Å². The van der Waals surface area contributed by atoms with Gasteiger partial charge in [-0.25, -0.2) is 0 Å². The minimum absolute atomic E-state index is 0.679. The van der Waals surface area contributed by atoms with Crippen LogP contribution in [0.2, 0.25) is 0 Å². The summed E-state index contributed by atoms with van der Waals surface area (Å²) >= 11 is 0. The Morgan fingerprint density at radius 3 is 0.810 bits per heavy atom. The molecule has 0 aliphatic rings. The maximum atomic E-state index is 13.0. The van der Waals surface area contributed by atoms with Crippen molar-refractivity contribution >= 4 is 0 Å². The van der Waals surface area contributed by atoms with Crippen LogP contribution in [0.5, 0.6) is 0 Å². The average molecular weight is 334 g/mol. The van der Waals surface area contributed by atoms with Gasteiger partial charge in [-0.1, -0.05) is 27.7 Å². The van der Waals surface area contributed by atoms with Crippen LogP contribution in [0.1, 0.15) is 27.7 Å². The Bertz CT molecular complexity index is 317. The second-order valence-electron chi connectivity index (χ2n) is 5.38. The highest BCUT2D eigenvalue weighted by Gasteiger charge is 2.91. The number of rotatable bonds is 3. The van der Waals surface area contributed by atoms with E-state index in [1.165, 1.54) is 0 Å². The van der Waals surface area contributed by atoms with Gasteiger partial charge in [0.2, 0.25) is 0 Å². The van der Waals surface area contributed by atoms with Crippen LogP contribution in [0, 0.1) is 17.3 Å². The third-order valence-corrected chi connectivity index (χ3v) is 3.64. The minimum atomic E-state index is -6.77. The van der Waals surface area contributed by atoms with E-state index in [2.05, 4.69) is 0 Å². The summed E-state index contributed by atoms with van der Waals surface area (Å²) in [5.41, 5.74) is -10.3. The van der Waals surface area contributed by atoms with Crippen LogP contribution in [0.25, 0.3) is 0 Å². The van der Waals surface area contributed by atoms with E-state index in [4.69, 9.17) is 0 Å².